The van der Waals surface area contributed by atoms with Crippen LogP contribution in [0.15, 0.2) is 35.6 Å². The minimum Gasteiger partial charge on any atom is -0.363 e. The number of nitrogens with zero attached hydrogens (tertiary/aromatic N) is 1. The van der Waals surface area contributed by atoms with Gasteiger partial charge in [0.15, 0.2) is 0 Å². The predicted molar refractivity (Wildman–Crippen MR) is 73.3 cm³/mol. The Labute approximate surface area is 112 Å². The van der Waals surface area contributed by atoms with E-state index in [0.29, 0.717) is 12.2 Å². The Hall–Kier alpha value is -1.86. The molecule has 0 bridgehead atoms. The van der Waals surface area contributed by atoms with Gasteiger partial charge >= 0.3 is 0 Å². The zero-order chi connectivity index (χ0) is 13.9. The molecule has 0 radical (unpaired) electrons. The summed E-state index contributed by atoms with van der Waals surface area (Å²) in [6.45, 7) is 2.39. The maximum absolute atomic E-state index is 12.2. The number of hydrogen-bond acceptors (Lipinski definition) is 4. The van der Waals surface area contributed by atoms with Crippen molar-refractivity contribution in [2.45, 2.75) is 18.4 Å². The Morgan fingerprint density at radius 3 is 2.89 bits per heavy atom. The molecule has 2 rings (SSSR count). The third kappa shape index (κ3) is 3.12. The molecular formula is C12H16N4O2S. The first-order valence-corrected chi connectivity index (χ1v) is 7.26. The normalized spacial score (nSPS) is 11.5. The van der Waals surface area contributed by atoms with Crippen LogP contribution in [0.3, 0.4) is 0 Å². The number of aryl methyl sites for hydroxylation is 1. The van der Waals surface area contributed by atoms with E-state index < -0.39 is 10.0 Å². The standard InChI is InChI=1S/C12H16N4O2S/c1-9-6-14-4-3-12(9)16-19(17,18)11-5-10(7-13-2)15-8-11/h3-6,8,13,15H,7H2,1-2H3,(H,14,16). The second-order valence-electron chi connectivity index (χ2n) is 4.19. The number of sulfonamides is 1. The molecule has 0 saturated carbocycles. The fraction of sp³-hybridized carbons (Fsp3) is 0.250. The molecule has 0 unspecified atom stereocenters. The Morgan fingerprint density at radius 2 is 2.21 bits per heavy atom. The molecule has 0 aliphatic carbocycles. The molecule has 19 heavy (non-hydrogen) atoms. The fourth-order valence-electron chi connectivity index (χ4n) is 1.66. The van der Waals surface area contributed by atoms with E-state index in [2.05, 4.69) is 20.0 Å². The number of rotatable bonds is 5. The Morgan fingerprint density at radius 1 is 1.42 bits per heavy atom. The highest BCUT2D eigenvalue weighted by atomic mass is 32.2. The second-order valence-corrected chi connectivity index (χ2v) is 5.87. The lowest BCUT2D eigenvalue weighted by atomic mass is 10.3. The quantitative estimate of drug-likeness (QED) is 0.769. The number of H-pyrrole nitrogens is 1. The topological polar surface area (TPSA) is 86.9 Å². The van der Waals surface area contributed by atoms with Crippen LogP contribution < -0.4 is 10.0 Å². The van der Waals surface area contributed by atoms with Crippen molar-refractivity contribution in [2.75, 3.05) is 11.8 Å². The van der Waals surface area contributed by atoms with Gasteiger partial charge in [0.1, 0.15) is 4.90 Å². The van der Waals surface area contributed by atoms with E-state index in [-0.39, 0.29) is 4.90 Å². The molecule has 0 fully saturated rings. The van der Waals surface area contributed by atoms with Crippen LogP contribution in [0.4, 0.5) is 5.69 Å². The molecule has 102 valence electrons. The number of pyridine rings is 1. The first kappa shape index (κ1) is 13.6. The summed E-state index contributed by atoms with van der Waals surface area (Å²) in [7, 11) is -1.77. The van der Waals surface area contributed by atoms with Crippen molar-refractivity contribution in [2.24, 2.45) is 0 Å². The van der Waals surface area contributed by atoms with Crippen molar-refractivity contribution in [3.05, 3.63) is 42.0 Å². The van der Waals surface area contributed by atoms with Gasteiger partial charge in [-0.15, -0.1) is 0 Å². The van der Waals surface area contributed by atoms with Gasteiger partial charge in [-0.3, -0.25) is 9.71 Å². The number of aromatic amines is 1. The van der Waals surface area contributed by atoms with E-state index in [0.717, 1.165) is 11.3 Å². The van der Waals surface area contributed by atoms with Crippen molar-refractivity contribution >= 4 is 15.7 Å². The molecule has 2 heterocycles. The monoisotopic (exact) mass is 280 g/mol. The summed E-state index contributed by atoms with van der Waals surface area (Å²) in [6, 6.07) is 3.24. The van der Waals surface area contributed by atoms with E-state index >= 15 is 0 Å². The third-order valence-electron chi connectivity index (χ3n) is 2.66. The lowest BCUT2D eigenvalue weighted by Crippen LogP contribution is -2.13. The van der Waals surface area contributed by atoms with Gasteiger partial charge in [0.05, 0.1) is 5.69 Å². The molecule has 0 aromatic carbocycles. The summed E-state index contributed by atoms with van der Waals surface area (Å²) in [5, 5.41) is 2.95. The number of nitrogens with one attached hydrogen (secondary N) is 3. The SMILES string of the molecule is CNCc1cc(S(=O)(=O)Nc2ccncc2C)c[nH]1. The van der Waals surface area contributed by atoms with Gasteiger partial charge in [-0.05, 0) is 31.7 Å². The molecule has 2 aromatic heterocycles. The molecule has 0 spiro atoms. The van der Waals surface area contributed by atoms with Gasteiger partial charge in [-0.25, -0.2) is 8.42 Å². The Bertz CT molecular complexity index is 664. The smallest absolute Gasteiger partial charge is 0.263 e. The highest BCUT2D eigenvalue weighted by Crippen LogP contribution is 2.19. The average Bonchev–Trinajstić information content (AvgIpc) is 2.82. The Balaban J connectivity index is 2.25. The molecule has 0 amide bonds. The summed E-state index contributed by atoms with van der Waals surface area (Å²) in [5.41, 5.74) is 2.12. The van der Waals surface area contributed by atoms with Crippen molar-refractivity contribution in [3.63, 3.8) is 0 Å². The predicted octanol–water partition coefficient (Wildman–Crippen LogP) is 1.24. The molecule has 7 heteroatoms. The Kier molecular flexibility index (Phi) is 3.87. The van der Waals surface area contributed by atoms with Crippen LogP contribution in [-0.2, 0) is 16.6 Å². The molecule has 0 atom stereocenters. The van der Waals surface area contributed by atoms with Crippen molar-refractivity contribution in [3.8, 4) is 0 Å². The van der Waals surface area contributed by atoms with Crippen molar-refractivity contribution < 1.29 is 8.42 Å². The second kappa shape index (κ2) is 5.41. The maximum Gasteiger partial charge on any atom is 0.263 e. The fourth-order valence-corrected chi connectivity index (χ4v) is 2.81. The number of hydrogen-bond donors (Lipinski definition) is 3. The maximum atomic E-state index is 12.2. The van der Waals surface area contributed by atoms with Crippen molar-refractivity contribution in [1.29, 1.82) is 0 Å². The van der Waals surface area contributed by atoms with E-state index in [1.165, 1.54) is 6.20 Å². The summed E-state index contributed by atoms with van der Waals surface area (Å²) in [6.07, 6.45) is 4.64. The first-order valence-electron chi connectivity index (χ1n) is 5.78. The average molecular weight is 280 g/mol. The van der Waals surface area contributed by atoms with Gasteiger partial charge in [-0.1, -0.05) is 0 Å². The highest BCUT2D eigenvalue weighted by molar-refractivity contribution is 7.92. The van der Waals surface area contributed by atoms with Crippen LogP contribution in [-0.4, -0.2) is 25.4 Å². The summed E-state index contributed by atoms with van der Waals surface area (Å²) in [5.74, 6) is 0. The molecule has 0 saturated heterocycles. The molecule has 2 aromatic rings. The van der Waals surface area contributed by atoms with E-state index in [4.69, 9.17) is 0 Å². The van der Waals surface area contributed by atoms with E-state index in [9.17, 15) is 8.42 Å². The molecule has 0 aliphatic heterocycles. The van der Waals surface area contributed by atoms with Gasteiger partial charge in [0, 0.05) is 30.8 Å². The molecular weight excluding hydrogens is 264 g/mol. The zero-order valence-electron chi connectivity index (χ0n) is 10.8. The summed E-state index contributed by atoms with van der Waals surface area (Å²) in [4.78, 5) is 7.06. The summed E-state index contributed by atoms with van der Waals surface area (Å²) < 4.78 is 26.9. The van der Waals surface area contributed by atoms with E-state index in [1.807, 2.05) is 0 Å². The van der Waals surface area contributed by atoms with E-state index in [1.54, 1.807) is 38.5 Å². The van der Waals surface area contributed by atoms with Crippen LogP contribution in [0.1, 0.15) is 11.3 Å². The lowest BCUT2D eigenvalue weighted by molar-refractivity contribution is 0.601. The third-order valence-corrected chi connectivity index (χ3v) is 4.00. The zero-order valence-corrected chi connectivity index (χ0v) is 11.6. The van der Waals surface area contributed by atoms with Gasteiger partial charge in [0.2, 0.25) is 0 Å². The highest BCUT2D eigenvalue weighted by Gasteiger charge is 2.16. The first-order chi connectivity index (χ1) is 9.03. The van der Waals surface area contributed by atoms with Crippen LogP contribution in [0.2, 0.25) is 0 Å². The largest absolute Gasteiger partial charge is 0.363 e. The van der Waals surface area contributed by atoms with Crippen LogP contribution in [0.5, 0.6) is 0 Å². The number of aromatic nitrogens is 2. The number of anilines is 1. The molecule has 0 aliphatic rings. The van der Waals surface area contributed by atoms with Crippen molar-refractivity contribution in [1.82, 2.24) is 15.3 Å². The minimum absolute atomic E-state index is 0.217. The molecule has 6 nitrogen and oxygen atoms in total. The van der Waals surface area contributed by atoms with Gasteiger partial charge in [0.25, 0.3) is 10.0 Å². The van der Waals surface area contributed by atoms with Crippen LogP contribution >= 0.6 is 0 Å². The van der Waals surface area contributed by atoms with Crippen LogP contribution in [0, 0.1) is 6.92 Å². The summed E-state index contributed by atoms with van der Waals surface area (Å²) >= 11 is 0. The lowest BCUT2D eigenvalue weighted by Gasteiger charge is -2.08. The molecule has 3 N–H and O–H groups in total. The van der Waals surface area contributed by atoms with Crippen LogP contribution in [0.25, 0.3) is 0 Å². The van der Waals surface area contributed by atoms with Gasteiger partial charge in [-0.2, -0.15) is 0 Å². The minimum atomic E-state index is -3.57. The van der Waals surface area contributed by atoms with Gasteiger partial charge < -0.3 is 10.3 Å².